The molecule has 0 bridgehead atoms. The summed E-state index contributed by atoms with van der Waals surface area (Å²) in [6.45, 7) is 1.76. The summed E-state index contributed by atoms with van der Waals surface area (Å²) >= 11 is 0. The molecule has 2 aromatic carbocycles. The third kappa shape index (κ3) is 2.70. The molecule has 0 aromatic heterocycles. The van der Waals surface area contributed by atoms with E-state index in [2.05, 4.69) is 6.07 Å². The average Bonchev–Trinajstić information content (AvgIpc) is 2.35. The Morgan fingerprint density at radius 1 is 1.06 bits per heavy atom. The summed E-state index contributed by atoms with van der Waals surface area (Å²) in [7, 11) is 0. The van der Waals surface area contributed by atoms with E-state index >= 15 is 0 Å². The van der Waals surface area contributed by atoms with Crippen LogP contribution in [0.15, 0.2) is 42.5 Å². The van der Waals surface area contributed by atoms with Crippen LogP contribution in [0.4, 0.5) is 4.39 Å². The van der Waals surface area contributed by atoms with E-state index in [0.29, 0.717) is 11.1 Å². The smallest absolute Gasteiger partial charge is 0.126 e. The lowest BCUT2D eigenvalue weighted by molar-refractivity contribution is 0.618. The lowest BCUT2D eigenvalue weighted by atomic mass is 10.0. The molecule has 0 N–H and O–H groups in total. The van der Waals surface area contributed by atoms with Gasteiger partial charge in [0.2, 0.25) is 0 Å². The maximum atomic E-state index is 13.1. The van der Waals surface area contributed by atoms with Crippen LogP contribution in [-0.2, 0) is 6.42 Å². The van der Waals surface area contributed by atoms with Gasteiger partial charge in [0.25, 0.3) is 0 Å². The monoisotopic (exact) mass is 225 g/mol. The first-order valence-electron chi connectivity index (χ1n) is 5.43. The average molecular weight is 225 g/mol. The Hall–Kier alpha value is -2.14. The van der Waals surface area contributed by atoms with Gasteiger partial charge in [-0.2, -0.15) is 5.26 Å². The second-order valence-electron chi connectivity index (χ2n) is 4.07. The molecule has 2 rings (SSSR count). The largest absolute Gasteiger partial charge is 0.207 e. The Labute approximate surface area is 100 Å². The number of rotatable bonds is 2. The standard InChI is InChI=1S/C15H12FN/c1-11-8-14(6-7-15(11)16)9-12-2-4-13(10-17)5-3-12/h2-8H,9H2,1H3. The molecule has 0 saturated heterocycles. The Kier molecular flexibility index (Phi) is 3.20. The fourth-order valence-corrected chi connectivity index (χ4v) is 1.75. The molecule has 2 aromatic rings. The van der Waals surface area contributed by atoms with Crippen LogP contribution in [0.25, 0.3) is 0 Å². The molecular weight excluding hydrogens is 213 g/mol. The van der Waals surface area contributed by atoms with Gasteiger partial charge in [0.05, 0.1) is 11.6 Å². The molecule has 0 fully saturated rings. The Balaban J connectivity index is 2.20. The minimum absolute atomic E-state index is 0.173. The highest BCUT2D eigenvalue weighted by Gasteiger charge is 2.00. The van der Waals surface area contributed by atoms with Crippen LogP contribution in [0, 0.1) is 24.1 Å². The van der Waals surface area contributed by atoms with E-state index in [1.165, 1.54) is 6.07 Å². The highest BCUT2D eigenvalue weighted by atomic mass is 19.1. The van der Waals surface area contributed by atoms with Crippen LogP contribution >= 0.6 is 0 Å². The first kappa shape index (κ1) is 11.3. The topological polar surface area (TPSA) is 23.8 Å². The Bertz CT molecular complexity index is 564. The lowest BCUT2D eigenvalue weighted by Gasteiger charge is -2.04. The summed E-state index contributed by atoms with van der Waals surface area (Å²) in [4.78, 5) is 0. The van der Waals surface area contributed by atoms with Crippen molar-refractivity contribution >= 4 is 0 Å². The van der Waals surface area contributed by atoms with Crippen molar-refractivity contribution in [2.75, 3.05) is 0 Å². The molecule has 0 amide bonds. The zero-order valence-electron chi connectivity index (χ0n) is 9.57. The molecule has 0 radical (unpaired) electrons. The van der Waals surface area contributed by atoms with E-state index in [0.717, 1.165) is 17.5 Å². The van der Waals surface area contributed by atoms with Gasteiger partial charge in [-0.1, -0.05) is 24.3 Å². The second kappa shape index (κ2) is 4.80. The molecule has 0 saturated carbocycles. The highest BCUT2D eigenvalue weighted by molar-refractivity contribution is 5.35. The van der Waals surface area contributed by atoms with Gasteiger partial charge in [-0.3, -0.25) is 0 Å². The van der Waals surface area contributed by atoms with Crippen LogP contribution in [0.1, 0.15) is 22.3 Å². The minimum atomic E-state index is -0.173. The predicted molar refractivity (Wildman–Crippen MR) is 65.1 cm³/mol. The van der Waals surface area contributed by atoms with Gasteiger partial charge in [-0.05, 0) is 48.2 Å². The van der Waals surface area contributed by atoms with Crippen molar-refractivity contribution in [1.29, 1.82) is 5.26 Å². The molecule has 0 heterocycles. The normalized spacial score (nSPS) is 9.94. The van der Waals surface area contributed by atoms with Gasteiger partial charge >= 0.3 is 0 Å². The summed E-state index contributed by atoms with van der Waals surface area (Å²) < 4.78 is 13.1. The molecule has 0 aliphatic carbocycles. The third-order valence-electron chi connectivity index (χ3n) is 2.71. The van der Waals surface area contributed by atoms with E-state index in [1.807, 2.05) is 18.2 Å². The predicted octanol–water partition coefficient (Wildman–Crippen LogP) is 3.60. The zero-order valence-corrected chi connectivity index (χ0v) is 9.57. The van der Waals surface area contributed by atoms with E-state index in [9.17, 15) is 4.39 Å². The van der Waals surface area contributed by atoms with Crippen LogP contribution in [-0.4, -0.2) is 0 Å². The van der Waals surface area contributed by atoms with E-state index in [-0.39, 0.29) is 5.82 Å². The summed E-state index contributed by atoms with van der Waals surface area (Å²) in [5.41, 5.74) is 3.52. The van der Waals surface area contributed by atoms with Crippen molar-refractivity contribution in [3.63, 3.8) is 0 Å². The van der Waals surface area contributed by atoms with Crippen molar-refractivity contribution in [3.8, 4) is 6.07 Å². The maximum absolute atomic E-state index is 13.1. The number of halogens is 1. The van der Waals surface area contributed by atoms with Crippen LogP contribution in [0.2, 0.25) is 0 Å². The second-order valence-corrected chi connectivity index (χ2v) is 4.07. The number of nitrogens with zero attached hydrogens (tertiary/aromatic N) is 1. The van der Waals surface area contributed by atoms with Crippen LogP contribution in [0.5, 0.6) is 0 Å². The minimum Gasteiger partial charge on any atom is -0.207 e. The summed E-state index contributed by atoms with van der Waals surface area (Å²) in [6.07, 6.45) is 0.757. The maximum Gasteiger partial charge on any atom is 0.126 e. The van der Waals surface area contributed by atoms with Gasteiger partial charge < -0.3 is 0 Å². The van der Waals surface area contributed by atoms with Gasteiger partial charge in [-0.15, -0.1) is 0 Å². The third-order valence-corrected chi connectivity index (χ3v) is 2.71. The SMILES string of the molecule is Cc1cc(Cc2ccc(C#N)cc2)ccc1F. The Morgan fingerprint density at radius 3 is 2.29 bits per heavy atom. The zero-order chi connectivity index (χ0) is 12.3. The molecule has 0 aliphatic rings. The molecule has 17 heavy (non-hydrogen) atoms. The number of aryl methyl sites for hydroxylation is 1. The van der Waals surface area contributed by atoms with Gasteiger partial charge in [0.1, 0.15) is 5.82 Å². The quantitative estimate of drug-likeness (QED) is 0.766. The van der Waals surface area contributed by atoms with Gasteiger partial charge in [-0.25, -0.2) is 4.39 Å². The first-order chi connectivity index (χ1) is 8.19. The molecule has 1 nitrogen and oxygen atoms in total. The van der Waals surface area contributed by atoms with Crippen LogP contribution in [0.3, 0.4) is 0 Å². The molecule has 0 unspecified atom stereocenters. The Morgan fingerprint density at radius 2 is 1.71 bits per heavy atom. The molecule has 0 atom stereocenters. The lowest BCUT2D eigenvalue weighted by Crippen LogP contribution is -1.91. The molecule has 0 spiro atoms. The van der Waals surface area contributed by atoms with Crippen molar-refractivity contribution in [3.05, 3.63) is 70.5 Å². The first-order valence-corrected chi connectivity index (χ1v) is 5.43. The molecule has 84 valence electrons. The fourth-order valence-electron chi connectivity index (χ4n) is 1.75. The van der Waals surface area contributed by atoms with Crippen LogP contribution < -0.4 is 0 Å². The van der Waals surface area contributed by atoms with E-state index in [1.54, 1.807) is 25.1 Å². The number of benzene rings is 2. The van der Waals surface area contributed by atoms with Crippen molar-refractivity contribution in [2.24, 2.45) is 0 Å². The number of hydrogen-bond donors (Lipinski definition) is 0. The van der Waals surface area contributed by atoms with Gasteiger partial charge in [0, 0.05) is 0 Å². The molecular formula is C15H12FN. The fraction of sp³-hybridized carbons (Fsp3) is 0.133. The summed E-state index contributed by atoms with van der Waals surface area (Å²) in [6, 6.07) is 14.7. The summed E-state index contributed by atoms with van der Waals surface area (Å²) in [5, 5.41) is 8.69. The summed E-state index contributed by atoms with van der Waals surface area (Å²) in [5.74, 6) is -0.173. The van der Waals surface area contributed by atoms with Crippen molar-refractivity contribution < 1.29 is 4.39 Å². The van der Waals surface area contributed by atoms with Gasteiger partial charge in [0.15, 0.2) is 0 Å². The molecule has 0 aliphatic heterocycles. The van der Waals surface area contributed by atoms with Crippen molar-refractivity contribution in [2.45, 2.75) is 13.3 Å². The van der Waals surface area contributed by atoms with E-state index in [4.69, 9.17) is 5.26 Å². The molecule has 2 heteroatoms. The highest BCUT2D eigenvalue weighted by Crippen LogP contribution is 2.14. The number of hydrogen-bond acceptors (Lipinski definition) is 1. The van der Waals surface area contributed by atoms with E-state index < -0.39 is 0 Å². The van der Waals surface area contributed by atoms with Crippen molar-refractivity contribution in [1.82, 2.24) is 0 Å². The number of nitriles is 1.